The maximum Gasteiger partial charge on any atom is 0.121 e. The number of hydrogen-bond donors (Lipinski definition) is 1. The van der Waals surface area contributed by atoms with E-state index in [9.17, 15) is 0 Å². The Hall–Kier alpha value is -3.22. The van der Waals surface area contributed by atoms with Gasteiger partial charge in [0.25, 0.3) is 0 Å². The maximum absolute atomic E-state index is 5.10. The normalized spacial score (nSPS) is 20.5. The first-order valence-corrected chi connectivity index (χ1v) is 13.8. The molecule has 2 aromatic heterocycles. The highest BCUT2D eigenvalue weighted by Crippen LogP contribution is 2.35. The Kier molecular flexibility index (Phi) is 6.94. The van der Waals surface area contributed by atoms with Gasteiger partial charge in [-0.25, -0.2) is 4.98 Å². The summed E-state index contributed by atoms with van der Waals surface area (Å²) in [4.78, 5) is 21.3. The Morgan fingerprint density at radius 2 is 1.89 bits per heavy atom. The first-order chi connectivity index (χ1) is 18.2. The number of aryl methyl sites for hydroxylation is 1. The molecule has 37 heavy (non-hydrogen) atoms. The Morgan fingerprint density at radius 3 is 2.76 bits per heavy atom. The molecule has 0 amide bonds. The van der Waals surface area contributed by atoms with Crippen LogP contribution in [0.25, 0.3) is 11.0 Å². The maximum atomic E-state index is 5.10. The van der Waals surface area contributed by atoms with E-state index < -0.39 is 0 Å². The van der Waals surface area contributed by atoms with E-state index in [1.54, 1.807) is 0 Å². The monoisotopic (exact) mass is 494 g/mol. The second-order valence-electron chi connectivity index (χ2n) is 10.7. The van der Waals surface area contributed by atoms with Crippen molar-refractivity contribution in [2.24, 2.45) is 0 Å². The van der Waals surface area contributed by atoms with E-state index in [0.29, 0.717) is 12.1 Å². The van der Waals surface area contributed by atoms with Gasteiger partial charge in [-0.15, -0.1) is 0 Å². The molecule has 0 radical (unpaired) electrons. The third-order valence-corrected chi connectivity index (χ3v) is 8.32. The van der Waals surface area contributed by atoms with Crippen LogP contribution in [-0.4, -0.2) is 57.5 Å². The Morgan fingerprint density at radius 1 is 1.00 bits per heavy atom. The highest BCUT2D eigenvalue weighted by molar-refractivity contribution is 5.89. The molecule has 1 fully saturated rings. The lowest BCUT2D eigenvalue weighted by Crippen LogP contribution is -2.51. The summed E-state index contributed by atoms with van der Waals surface area (Å²) in [5, 5.41) is 0. The van der Waals surface area contributed by atoms with Crippen molar-refractivity contribution in [3.8, 4) is 0 Å². The number of benzene rings is 2. The van der Waals surface area contributed by atoms with Crippen LogP contribution in [0.5, 0.6) is 0 Å². The van der Waals surface area contributed by atoms with Crippen LogP contribution in [0.3, 0.4) is 0 Å². The molecular formula is C31H38N6. The molecule has 0 bridgehead atoms. The molecule has 2 atom stereocenters. The minimum Gasteiger partial charge on any atom is -0.367 e. The standard InChI is InChI=1S/C31H38N6/c1-3-25-21-36(19-18-35(25)2)28-16-8-14-26-31(28)34-29(33-26)22-37(20-23-10-5-4-6-11-23)27-15-7-12-24-13-9-17-32-30(24)27/h4-6,8-11,13-14,16-17,25,27H,3,7,12,15,18-22H2,1-2H3,(H,33,34)/t25?,27-/m0/s1. The minimum atomic E-state index is 0.292. The highest BCUT2D eigenvalue weighted by Gasteiger charge is 2.29. The van der Waals surface area contributed by atoms with Crippen molar-refractivity contribution in [2.45, 2.75) is 57.8 Å². The molecule has 1 aliphatic heterocycles. The molecule has 1 unspecified atom stereocenters. The molecule has 0 saturated carbocycles. The van der Waals surface area contributed by atoms with Crippen LogP contribution in [0.4, 0.5) is 5.69 Å². The number of piperazine rings is 1. The molecule has 4 aromatic rings. The van der Waals surface area contributed by atoms with Gasteiger partial charge in [-0.1, -0.05) is 49.4 Å². The molecule has 3 heterocycles. The van der Waals surface area contributed by atoms with Gasteiger partial charge in [-0.05, 0) is 62.1 Å². The van der Waals surface area contributed by atoms with Crippen molar-refractivity contribution in [1.29, 1.82) is 0 Å². The lowest BCUT2D eigenvalue weighted by Gasteiger charge is -2.40. The Balaban J connectivity index is 1.32. The van der Waals surface area contributed by atoms with E-state index >= 15 is 0 Å². The number of rotatable bonds is 7. The number of imidazole rings is 1. The quantitative estimate of drug-likeness (QED) is 0.364. The van der Waals surface area contributed by atoms with Crippen molar-refractivity contribution in [1.82, 2.24) is 24.8 Å². The van der Waals surface area contributed by atoms with E-state index in [-0.39, 0.29) is 0 Å². The van der Waals surface area contributed by atoms with Gasteiger partial charge < -0.3 is 9.88 Å². The number of H-pyrrole nitrogens is 1. The van der Waals surface area contributed by atoms with Crippen molar-refractivity contribution >= 4 is 16.7 Å². The van der Waals surface area contributed by atoms with E-state index in [0.717, 1.165) is 56.9 Å². The Labute approximate surface area is 220 Å². The lowest BCUT2D eigenvalue weighted by molar-refractivity contribution is 0.153. The van der Waals surface area contributed by atoms with Crippen LogP contribution in [0, 0.1) is 0 Å². The third-order valence-electron chi connectivity index (χ3n) is 8.32. The molecule has 6 rings (SSSR count). The number of aromatic amines is 1. The number of para-hydroxylation sites is 1. The molecular weight excluding hydrogens is 456 g/mol. The molecule has 1 aliphatic carbocycles. The largest absolute Gasteiger partial charge is 0.367 e. The van der Waals surface area contributed by atoms with Gasteiger partial charge in [-0.3, -0.25) is 14.8 Å². The van der Waals surface area contributed by atoms with Gasteiger partial charge in [0.15, 0.2) is 0 Å². The fourth-order valence-electron chi connectivity index (χ4n) is 6.24. The number of pyridine rings is 1. The zero-order valence-electron chi connectivity index (χ0n) is 22.1. The van der Waals surface area contributed by atoms with Crippen LogP contribution in [0.1, 0.15) is 54.9 Å². The van der Waals surface area contributed by atoms with Crippen LogP contribution >= 0.6 is 0 Å². The van der Waals surface area contributed by atoms with Crippen molar-refractivity contribution in [2.75, 3.05) is 31.6 Å². The first-order valence-electron chi connectivity index (χ1n) is 13.8. The van der Waals surface area contributed by atoms with Crippen molar-refractivity contribution < 1.29 is 0 Å². The zero-order valence-corrected chi connectivity index (χ0v) is 22.1. The van der Waals surface area contributed by atoms with Gasteiger partial charge in [0.1, 0.15) is 5.82 Å². The summed E-state index contributed by atoms with van der Waals surface area (Å²) in [6.45, 7) is 7.14. The molecule has 2 aliphatic rings. The molecule has 192 valence electrons. The average Bonchev–Trinajstić information content (AvgIpc) is 3.36. The van der Waals surface area contributed by atoms with Crippen LogP contribution in [0.2, 0.25) is 0 Å². The fraction of sp³-hybridized carbons (Fsp3) is 0.419. The van der Waals surface area contributed by atoms with E-state index in [1.165, 1.54) is 40.9 Å². The van der Waals surface area contributed by atoms with Gasteiger partial charge in [0.2, 0.25) is 0 Å². The summed E-state index contributed by atoms with van der Waals surface area (Å²) < 4.78 is 0. The summed E-state index contributed by atoms with van der Waals surface area (Å²) in [5.74, 6) is 1.03. The van der Waals surface area contributed by atoms with Crippen LogP contribution < -0.4 is 4.90 Å². The predicted octanol–water partition coefficient (Wildman–Crippen LogP) is 5.57. The summed E-state index contributed by atoms with van der Waals surface area (Å²) in [7, 11) is 2.25. The molecule has 2 aromatic carbocycles. The van der Waals surface area contributed by atoms with Gasteiger partial charge in [0, 0.05) is 38.4 Å². The highest BCUT2D eigenvalue weighted by atomic mass is 15.3. The average molecular weight is 495 g/mol. The number of aromatic nitrogens is 3. The first kappa shape index (κ1) is 24.1. The fourth-order valence-corrected chi connectivity index (χ4v) is 6.24. The predicted molar refractivity (Wildman–Crippen MR) is 151 cm³/mol. The molecule has 6 nitrogen and oxygen atoms in total. The summed E-state index contributed by atoms with van der Waals surface area (Å²) in [6, 6.07) is 22.6. The van der Waals surface area contributed by atoms with Gasteiger partial charge in [-0.2, -0.15) is 0 Å². The second-order valence-corrected chi connectivity index (χ2v) is 10.7. The third kappa shape index (κ3) is 5.00. The smallest absolute Gasteiger partial charge is 0.121 e. The number of nitrogens with one attached hydrogen (secondary N) is 1. The number of fused-ring (bicyclic) bond motifs is 2. The van der Waals surface area contributed by atoms with Crippen LogP contribution in [0.15, 0.2) is 66.9 Å². The summed E-state index contributed by atoms with van der Waals surface area (Å²) in [5.41, 5.74) is 7.46. The molecule has 6 heteroatoms. The minimum absolute atomic E-state index is 0.292. The second kappa shape index (κ2) is 10.6. The van der Waals surface area contributed by atoms with Crippen molar-refractivity contribution in [3.05, 3.63) is 89.5 Å². The summed E-state index contributed by atoms with van der Waals surface area (Å²) in [6.07, 6.45) is 6.56. The van der Waals surface area contributed by atoms with Crippen LogP contribution in [-0.2, 0) is 19.5 Å². The number of hydrogen-bond acceptors (Lipinski definition) is 5. The zero-order chi connectivity index (χ0) is 25.2. The molecule has 1 N–H and O–H groups in total. The number of nitrogens with zero attached hydrogens (tertiary/aromatic N) is 5. The van der Waals surface area contributed by atoms with Gasteiger partial charge in [0.05, 0.1) is 35.0 Å². The van der Waals surface area contributed by atoms with Crippen molar-refractivity contribution in [3.63, 3.8) is 0 Å². The number of anilines is 1. The molecule has 0 spiro atoms. The topological polar surface area (TPSA) is 51.3 Å². The SMILES string of the molecule is CCC1CN(c2cccc3nc(CN(Cc4ccccc4)[C@H]4CCCc5cccnc54)[nH]c23)CCN1C. The van der Waals surface area contributed by atoms with E-state index in [4.69, 9.17) is 9.97 Å². The van der Waals surface area contributed by atoms with E-state index in [2.05, 4.69) is 94.3 Å². The van der Waals surface area contributed by atoms with E-state index in [1.807, 2.05) is 6.20 Å². The van der Waals surface area contributed by atoms with Gasteiger partial charge >= 0.3 is 0 Å². The molecule has 1 saturated heterocycles. The Bertz CT molecular complexity index is 1330. The number of likely N-dealkylation sites (N-methyl/N-ethyl adjacent to an activating group) is 1. The lowest BCUT2D eigenvalue weighted by atomic mass is 9.90. The summed E-state index contributed by atoms with van der Waals surface area (Å²) >= 11 is 0.